The van der Waals surface area contributed by atoms with Crippen LogP contribution in [0.25, 0.3) is 11.4 Å². The molecular formula is C19H15ClFN3OS. The summed E-state index contributed by atoms with van der Waals surface area (Å²) in [7, 11) is 0. The van der Waals surface area contributed by atoms with Crippen LogP contribution in [-0.4, -0.2) is 26.3 Å². The van der Waals surface area contributed by atoms with Crippen LogP contribution >= 0.6 is 23.4 Å². The van der Waals surface area contributed by atoms with E-state index in [9.17, 15) is 9.18 Å². The Morgan fingerprint density at radius 2 is 1.92 bits per heavy atom. The summed E-state index contributed by atoms with van der Waals surface area (Å²) in [4.78, 5) is 12.3. The van der Waals surface area contributed by atoms with Crippen molar-refractivity contribution in [3.8, 4) is 11.4 Å². The lowest BCUT2D eigenvalue weighted by Gasteiger charge is -2.08. The Morgan fingerprint density at radius 1 is 1.19 bits per heavy atom. The lowest BCUT2D eigenvalue weighted by Crippen LogP contribution is -2.05. The fourth-order valence-corrected chi connectivity index (χ4v) is 3.44. The van der Waals surface area contributed by atoms with Crippen LogP contribution in [0.3, 0.4) is 0 Å². The molecule has 2 aromatic carbocycles. The zero-order chi connectivity index (χ0) is 18.5. The number of carbonyl (C=O) groups excluding carboxylic acids is 1. The summed E-state index contributed by atoms with van der Waals surface area (Å²) in [6, 6.07) is 12.9. The van der Waals surface area contributed by atoms with Crippen LogP contribution < -0.4 is 0 Å². The number of halogens is 2. The SMILES string of the molecule is C=CCn1c(SCC(=O)c2ccc(F)cc2)nnc1-c1ccccc1Cl. The van der Waals surface area contributed by atoms with E-state index in [0.717, 1.165) is 5.56 Å². The number of ketones is 1. The van der Waals surface area contributed by atoms with Gasteiger partial charge in [-0.2, -0.15) is 0 Å². The molecule has 0 aliphatic rings. The van der Waals surface area contributed by atoms with Crippen molar-refractivity contribution in [2.45, 2.75) is 11.7 Å². The Hall–Kier alpha value is -2.44. The molecule has 0 atom stereocenters. The van der Waals surface area contributed by atoms with Crippen molar-refractivity contribution in [1.82, 2.24) is 14.8 Å². The van der Waals surface area contributed by atoms with Gasteiger partial charge >= 0.3 is 0 Å². The number of benzene rings is 2. The molecule has 3 aromatic rings. The molecule has 0 N–H and O–H groups in total. The molecule has 132 valence electrons. The number of hydrogen-bond donors (Lipinski definition) is 0. The first-order valence-corrected chi connectivity index (χ1v) is 9.17. The number of thioether (sulfide) groups is 1. The van der Waals surface area contributed by atoms with Crippen LogP contribution in [0.2, 0.25) is 5.02 Å². The minimum Gasteiger partial charge on any atom is -0.298 e. The van der Waals surface area contributed by atoms with E-state index in [2.05, 4.69) is 16.8 Å². The molecule has 0 saturated heterocycles. The highest BCUT2D eigenvalue weighted by Crippen LogP contribution is 2.29. The Bertz CT molecular complexity index is 940. The maximum absolute atomic E-state index is 13.0. The van der Waals surface area contributed by atoms with Crippen molar-refractivity contribution in [3.63, 3.8) is 0 Å². The summed E-state index contributed by atoms with van der Waals surface area (Å²) in [5, 5.41) is 9.58. The van der Waals surface area contributed by atoms with Crippen LogP contribution in [0, 0.1) is 5.82 Å². The van der Waals surface area contributed by atoms with E-state index in [4.69, 9.17) is 11.6 Å². The first kappa shape index (κ1) is 18.4. The van der Waals surface area contributed by atoms with E-state index in [1.165, 1.54) is 36.0 Å². The second-order valence-corrected chi connectivity index (χ2v) is 6.75. The fourth-order valence-electron chi connectivity index (χ4n) is 2.38. The highest BCUT2D eigenvalue weighted by molar-refractivity contribution is 7.99. The van der Waals surface area contributed by atoms with Gasteiger partial charge in [-0.1, -0.05) is 41.6 Å². The molecule has 4 nitrogen and oxygen atoms in total. The second-order valence-electron chi connectivity index (χ2n) is 5.40. The first-order valence-electron chi connectivity index (χ1n) is 7.80. The molecule has 0 radical (unpaired) electrons. The van der Waals surface area contributed by atoms with Crippen LogP contribution in [0.4, 0.5) is 4.39 Å². The molecule has 26 heavy (non-hydrogen) atoms. The molecule has 0 unspecified atom stereocenters. The third-order valence-electron chi connectivity index (χ3n) is 3.64. The average molecular weight is 388 g/mol. The highest BCUT2D eigenvalue weighted by Gasteiger charge is 2.17. The molecule has 0 fully saturated rings. The molecular weight excluding hydrogens is 373 g/mol. The number of rotatable bonds is 7. The molecule has 7 heteroatoms. The Balaban J connectivity index is 1.82. The van der Waals surface area contributed by atoms with E-state index in [1.54, 1.807) is 12.1 Å². The summed E-state index contributed by atoms with van der Waals surface area (Å²) < 4.78 is 14.8. The fraction of sp³-hybridized carbons (Fsp3) is 0.105. The van der Waals surface area contributed by atoms with Gasteiger partial charge in [0.2, 0.25) is 0 Å². The van der Waals surface area contributed by atoms with Crippen LogP contribution in [0.15, 0.2) is 66.3 Å². The number of hydrogen-bond acceptors (Lipinski definition) is 4. The van der Waals surface area contributed by atoms with Gasteiger partial charge in [-0.05, 0) is 36.4 Å². The Morgan fingerprint density at radius 3 is 2.62 bits per heavy atom. The van der Waals surface area contributed by atoms with Crippen molar-refractivity contribution in [2.24, 2.45) is 0 Å². The van der Waals surface area contributed by atoms with Crippen molar-refractivity contribution in [2.75, 3.05) is 5.75 Å². The van der Waals surface area contributed by atoms with Gasteiger partial charge < -0.3 is 0 Å². The topological polar surface area (TPSA) is 47.8 Å². The van der Waals surface area contributed by atoms with E-state index in [-0.39, 0.29) is 17.4 Å². The standard InChI is InChI=1S/C19H15ClFN3OS/c1-2-11-24-18(15-5-3-4-6-16(15)20)22-23-19(24)26-12-17(25)13-7-9-14(21)10-8-13/h2-10H,1,11-12H2. The van der Waals surface area contributed by atoms with Crippen molar-refractivity contribution in [3.05, 3.63) is 77.6 Å². The quantitative estimate of drug-likeness (QED) is 0.328. The number of nitrogens with zero attached hydrogens (tertiary/aromatic N) is 3. The Labute approximate surface area is 159 Å². The van der Waals surface area contributed by atoms with Crippen molar-refractivity contribution < 1.29 is 9.18 Å². The van der Waals surface area contributed by atoms with Gasteiger partial charge in [0.05, 0.1) is 10.8 Å². The molecule has 0 saturated carbocycles. The lowest BCUT2D eigenvalue weighted by molar-refractivity contribution is 0.102. The minimum atomic E-state index is -0.371. The van der Waals surface area contributed by atoms with Gasteiger partial charge in [0.25, 0.3) is 0 Å². The molecule has 1 heterocycles. The number of carbonyl (C=O) groups is 1. The smallest absolute Gasteiger partial charge is 0.192 e. The number of Topliss-reactive ketones (excluding diaryl/α,β-unsaturated/α-hetero) is 1. The summed E-state index contributed by atoms with van der Waals surface area (Å²) in [6.07, 6.45) is 1.73. The maximum atomic E-state index is 13.0. The lowest BCUT2D eigenvalue weighted by atomic mass is 10.1. The minimum absolute atomic E-state index is 0.109. The second kappa shape index (κ2) is 8.29. The van der Waals surface area contributed by atoms with E-state index in [0.29, 0.717) is 28.1 Å². The van der Waals surface area contributed by atoms with Crippen molar-refractivity contribution in [1.29, 1.82) is 0 Å². The number of aromatic nitrogens is 3. The molecule has 0 amide bonds. The highest BCUT2D eigenvalue weighted by atomic mass is 35.5. The summed E-state index contributed by atoms with van der Waals surface area (Å²) >= 11 is 7.53. The molecule has 0 bridgehead atoms. The van der Waals surface area contributed by atoms with Gasteiger partial charge in [0.15, 0.2) is 16.8 Å². The van der Waals surface area contributed by atoms with E-state index in [1.807, 2.05) is 22.8 Å². The monoisotopic (exact) mass is 387 g/mol. The third-order valence-corrected chi connectivity index (χ3v) is 4.94. The summed E-state index contributed by atoms with van der Waals surface area (Å²) in [6.45, 7) is 4.25. The first-order chi connectivity index (χ1) is 12.6. The van der Waals surface area contributed by atoms with Gasteiger partial charge in [-0.15, -0.1) is 16.8 Å². The third kappa shape index (κ3) is 4.03. The molecule has 0 aliphatic heterocycles. The van der Waals surface area contributed by atoms with Crippen molar-refractivity contribution >= 4 is 29.1 Å². The number of allylic oxidation sites excluding steroid dienone is 1. The van der Waals surface area contributed by atoms with Gasteiger partial charge in [0, 0.05) is 17.7 Å². The van der Waals surface area contributed by atoms with Crippen LogP contribution in [0.1, 0.15) is 10.4 Å². The maximum Gasteiger partial charge on any atom is 0.192 e. The van der Waals surface area contributed by atoms with Crippen LogP contribution in [0.5, 0.6) is 0 Å². The zero-order valence-corrected chi connectivity index (χ0v) is 15.3. The normalized spacial score (nSPS) is 10.7. The predicted molar refractivity (Wildman–Crippen MR) is 102 cm³/mol. The Kier molecular flexibility index (Phi) is 5.85. The van der Waals surface area contributed by atoms with Crippen LogP contribution in [-0.2, 0) is 6.54 Å². The predicted octanol–water partition coefficient (Wildman–Crippen LogP) is 4.90. The van der Waals surface area contributed by atoms with Gasteiger partial charge in [-0.25, -0.2) is 4.39 Å². The van der Waals surface area contributed by atoms with Gasteiger partial charge in [0.1, 0.15) is 5.82 Å². The largest absolute Gasteiger partial charge is 0.298 e. The molecule has 0 spiro atoms. The van der Waals surface area contributed by atoms with E-state index < -0.39 is 0 Å². The van der Waals surface area contributed by atoms with Gasteiger partial charge in [-0.3, -0.25) is 9.36 Å². The summed E-state index contributed by atoms with van der Waals surface area (Å²) in [5.74, 6) is 0.308. The molecule has 3 rings (SSSR count). The van der Waals surface area contributed by atoms with E-state index >= 15 is 0 Å². The molecule has 1 aromatic heterocycles. The summed E-state index contributed by atoms with van der Waals surface area (Å²) in [5.41, 5.74) is 1.22. The zero-order valence-electron chi connectivity index (χ0n) is 13.7. The average Bonchev–Trinajstić information content (AvgIpc) is 3.03. The molecule has 0 aliphatic carbocycles.